The molecule has 6 rings (SSSR count). The van der Waals surface area contributed by atoms with Crippen LogP contribution < -0.4 is 4.74 Å². The number of benzene rings is 3. The predicted octanol–water partition coefficient (Wildman–Crippen LogP) is 7.88. The van der Waals surface area contributed by atoms with Gasteiger partial charge in [-0.15, -0.1) is 0 Å². The summed E-state index contributed by atoms with van der Waals surface area (Å²) in [7, 11) is 0. The molecule has 200 valence electrons. The van der Waals surface area contributed by atoms with Gasteiger partial charge in [-0.25, -0.2) is 4.79 Å². The number of nitrogens with zero attached hydrogens (tertiary/aromatic N) is 1. The number of aliphatic hydroxyl groups is 1. The van der Waals surface area contributed by atoms with Crippen molar-refractivity contribution in [2.45, 2.75) is 56.7 Å². The van der Waals surface area contributed by atoms with Gasteiger partial charge in [-0.05, 0) is 80.0 Å². The lowest BCUT2D eigenvalue weighted by atomic mass is 9.65. The van der Waals surface area contributed by atoms with Gasteiger partial charge in [-0.3, -0.25) is 0 Å². The molecule has 0 bridgehead atoms. The van der Waals surface area contributed by atoms with Crippen molar-refractivity contribution in [1.29, 1.82) is 0 Å². The van der Waals surface area contributed by atoms with Gasteiger partial charge in [0, 0.05) is 17.0 Å². The number of halogens is 2. The molecule has 0 spiro atoms. The maximum absolute atomic E-state index is 11.3. The minimum Gasteiger partial charge on any atom is -0.489 e. The number of carboxylic acids is 1. The quantitative estimate of drug-likeness (QED) is 0.226. The predicted molar refractivity (Wildman–Crippen MR) is 149 cm³/mol. The molecule has 0 atom stereocenters. The van der Waals surface area contributed by atoms with E-state index in [1.54, 1.807) is 18.2 Å². The molecule has 2 N–H and O–H groups in total. The molecule has 0 aliphatic heterocycles. The summed E-state index contributed by atoms with van der Waals surface area (Å²) in [5.74, 6) is 0.949. The van der Waals surface area contributed by atoms with Crippen LogP contribution in [0, 0.1) is 6.92 Å². The lowest BCUT2D eigenvalue weighted by Gasteiger charge is -2.44. The van der Waals surface area contributed by atoms with E-state index in [1.165, 1.54) is 0 Å². The Hall–Kier alpha value is -3.32. The van der Waals surface area contributed by atoms with Gasteiger partial charge in [0.2, 0.25) is 0 Å². The van der Waals surface area contributed by atoms with E-state index < -0.39 is 11.6 Å². The van der Waals surface area contributed by atoms with Crippen LogP contribution in [0.1, 0.15) is 75.9 Å². The Morgan fingerprint density at radius 2 is 1.79 bits per heavy atom. The van der Waals surface area contributed by atoms with Crippen LogP contribution in [-0.4, -0.2) is 21.3 Å². The number of hydrogen-bond donors (Lipinski definition) is 2. The second-order valence-corrected chi connectivity index (χ2v) is 11.4. The van der Waals surface area contributed by atoms with E-state index in [9.17, 15) is 9.90 Å². The normalized spacial score (nSPS) is 20.5. The summed E-state index contributed by atoms with van der Waals surface area (Å²) in [6.07, 6.45) is 3.14. The highest BCUT2D eigenvalue weighted by Crippen LogP contribution is 2.53. The Morgan fingerprint density at radius 1 is 1.05 bits per heavy atom. The molecule has 39 heavy (non-hydrogen) atoms. The smallest absolute Gasteiger partial charge is 0.335 e. The molecule has 0 amide bonds. The van der Waals surface area contributed by atoms with Gasteiger partial charge in [-0.2, -0.15) is 0 Å². The average molecular weight is 564 g/mol. The monoisotopic (exact) mass is 563 g/mol. The van der Waals surface area contributed by atoms with Crippen molar-refractivity contribution in [2.24, 2.45) is 0 Å². The first-order chi connectivity index (χ1) is 18.7. The van der Waals surface area contributed by atoms with E-state index in [0.29, 0.717) is 45.8 Å². The van der Waals surface area contributed by atoms with Crippen molar-refractivity contribution in [2.75, 3.05) is 0 Å². The standard InChI is InChI=1S/C31H27Cl2NO5/c1-17-3-2-4-25(32)27(17)28-23(29(39-34-28)19-7-8-19)16-38-22-11-12-24(26(33)13-22)31(37)14-21(15-31)18-5-9-20(10-6-18)30(35)36/h2-6,9-13,19,21,37H,7-8,14-16H2,1H3,(H,35,36)/t21-,31+. The molecule has 2 aliphatic carbocycles. The zero-order valence-corrected chi connectivity index (χ0v) is 22.8. The molecule has 0 saturated heterocycles. The molecular formula is C31H27Cl2NO5. The van der Waals surface area contributed by atoms with Crippen LogP contribution >= 0.6 is 23.2 Å². The van der Waals surface area contributed by atoms with Gasteiger partial charge in [0.05, 0.1) is 26.8 Å². The molecule has 8 heteroatoms. The van der Waals surface area contributed by atoms with Gasteiger partial charge >= 0.3 is 5.97 Å². The zero-order valence-electron chi connectivity index (χ0n) is 21.3. The lowest BCUT2D eigenvalue weighted by Crippen LogP contribution is -2.40. The summed E-state index contributed by atoms with van der Waals surface area (Å²) < 4.78 is 11.9. The Balaban J connectivity index is 1.18. The molecule has 2 aliphatic rings. The van der Waals surface area contributed by atoms with Crippen molar-refractivity contribution < 1.29 is 24.3 Å². The fourth-order valence-corrected chi connectivity index (χ4v) is 6.14. The van der Waals surface area contributed by atoms with E-state index in [-0.39, 0.29) is 18.1 Å². The molecule has 6 nitrogen and oxygen atoms in total. The minimum absolute atomic E-state index is 0.131. The molecule has 2 fully saturated rings. The first-order valence-electron chi connectivity index (χ1n) is 13.0. The number of aryl methyl sites for hydroxylation is 1. The fraction of sp³-hybridized carbons (Fsp3) is 0.290. The lowest BCUT2D eigenvalue weighted by molar-refractivity contribution is -0.0549. The van der Waals surface area contributed by atoms with Gasteiger partial charge in [-0.1, -0.05) is 58.7 Å². The van der Waals surface area contributed by atoms with E-state index in [2.05, 4.69) is 5.16 Å². The topological polar surface area (TPSA) is 92.8 Å². The third-order valence-corrected chi connectivity index (χ3v) is 8.48. The van der Waals surface area contributed by atoms with E-state index >= 15 is 0 Å². The minimum atomic E-state index is -1.05. The highest BCUT2D eigenvalue weighted by Gasteiger charge is 2.45. The van der Waals surface area contributed by atoms with E-state index in [4.69, 9.17) is 37.6 Å². The number of carbonyl (C=O) groups is 1. The molecule has 3 aromatic carbocycles. The second-order valence-electron chi connectivity index (χ2n) is 10.6. The summed E-state index contributed by atoms with van der Waals surface area (Å²) in [5, 5.41) is 25.8. The van der Waals surface area contributed by atoms with Crippen molar-refractivity contribution in [3.8, 4) is 17.0 Å². The molecule has 2 saturated carbocycles. The summed E-state index contributed by atoms with van der Waals surface area (Å²) in [6.45, 7) is 2.25. The second kappa shape index (κ2) is 10.0. The first-order valence-corrected chi connectivity index (χ1v) is 13.7. The Kier molecular flexibility index (Phi) is 6.66. The van der Waals surface area contributed by atoms with Crippen LogP contribution in [-0.2, 0) is 12.2 Å². The van der Waals surface area contributed by atoms with Crippen molar-refractivity contribution in [3.63, 3.8) is 0 Å². The molecule has 1 heterocycles. The SMILES string of the molecule is Cc1cccc(Cl)c1-c1noc(C2CC2)c1COc1ccc([C@]2(O)C[C@@H](c3ccc(C(=O)O)cc3)C2)c(Cl)c1. The third-order valence-electron chi connectivity index (χ3n) is 7.85. The van der Waals surface area contributed by atoms with Crippen LogP contribution in [0.15, 0.2) is 65.2 Å². The summed E-state index contributed by atoms with van der Waals surface area (Å²) >= 11 is 13.2. The molecular weight excluding hydrogens is 537 g/mol. The zero-order chi connectivity index (χ0) is 27.3. The van der Waals surface area contributed by atoms with Crippen LogP contribution in [0.5, 0.6) is 5.75 Å². The van der Waals surface area contributed by atoms with E-state index in [1.807, 2.05) is 49.4 Å². The van der Waals surface area contributed by atoms with Crippen LogP contribution in [0.3, 0.4) is 0 Å². The Morgan fingerprint density at radius 3 is 2.44 bits per heavy atom. The van der Waals surface area contributed by atoms with Crippen LogP contribution in [0.25, 0.3) is 11.3 Å². The van der Waals surface area contributed by atoms with Gasteiger partial charge in [0.25, 0.3) is 0 Å². The van der Waals surface area contributed by atoms with Crippen molar-refractivity contribution >= 4 is 29.2 Å². The highest BCUT2D eigenvalue weighted by molar-refractivity contribution is 6.33. The summed E-state index contributed by atoms with van der Waals surface area (Å²) in [4.78, 5) is 11.1. The average Bonchev–Trinajstić information content (AvgIpc) is 3.66. The molecule has 4 aromatic rings. The number of carboxylic acid groups (broad SMARTS) is 1. The number of rotatable bonds is 8. The molecule has 1 aromatic heterocycles. The highest BCUT2D eigenvalue weighted by atomic mass is 35.5. The largest absolute Gasteiger partial charge is 0.489 e. The number of hydrogen-bond acceptors (Lipinski definition) is 5. The van der Waals surface area contributed by atoms with Gasteiger partial charge in [0.1, 0.15) is 23.8 Å². The first kappa shape index (κ1) is 25.9. The van der Waals surface area contributed by atoms with Crippen LogP contribution in [0.4, 0.5) is 0 Å². The summed E-state index contributed by atoms with van der Waals surface area (Å²) in [5.41, 5.74) is 4.32. The Bertz CT molecular complexity index is 1530. The van der Waals surface area contributed by atoms with E-state index in [0.717, 1.165) is 40.9 Å². The number of ether oxygens (including phenoxy) is 1. The maximum Gasteiger partial charge on any atom is 0.335 e. The molecule has 0 radical (unpaired) electrons. The summed E-state index contributed by atoms with van der Waals surface area (Å²) in [6, 6.07) is 17.9. The fourth-order valence-electron chi connectivity index (χ4n) is 5.48. The third kappa shape index (κ3) is 4.93. The number of aromatic nitrogens is 1. The maximum atomic E-state index is 11.3. The van der Waals surface area contributed by atoms with Crippen molar-refractivity contribution in [1.82, 2.24) is 5.16 Å². The number of aromatic carboxylic acids is 1. The van der Waals surface area contributed by atoms with Crippen LogP contribution in [0.2, 0.25) is 10.0 Å². The van der Waals surface area contributed by atoms with Crippen molar-refractivity contribution in [3.05, 3.63) is 104 Å². The van der Waals surface area contributed by atoms with Gasteiger partial charge < -0.3 is 19.5 Å². The Labute approximate surface area is 236 Å². The van der Waals surface area contributed by atoms with Gasteiger partial charge in [0.15, 0.2) is 0 Å². The molecule has 0 unspecified atom stereocenters.